The minimum atomic E-state index is 0.910. The summed E-state index contributed by atoms with van der Waals surface area (Å²) in [4.78, 5) is 5.54. The zero-order valence-electron chi connectivity index (χ0n) is 36.4. The van der Waals surface area contributed by atoms with Crippen LogP contribution in [0.2, 0.25) is 0 Å². The Morgan fingerprint density at radius 3 is 0.879 bits per heavy atom. The van der Waals surface area contributed by atoms with Gasteiger partial charge in [-0.05, 0) is 138 Å². The maximum absolute atomic E-state index is 5.54. The molecule has 66 heavy (non-hydrogen) atoms. The van der Waals surface area contributed by atoms with Crippen LogP contribution in [0.1, 0.15) is 0 Å². The third kappa shape index (κ3) is 8.42. The zero-order chi connectivity index (χ0) is 44.1. The summed E-state index contributed by atoms with van der Waals surface area (Å²) in [6, 6.07) is 98.2. The number of aromatic nitrogens is 1. The van der Waals surface area contributed by atoms with E-state index >= 15 is 0 Å². The van der Waals surface area contributed by atoms with Gasteiger partial charge in [0, 0.05) is 11.1 Å². The molecular formula is C65H45N. The average molecular weight is 840 g/mol. The molecular weight excluding hydrogens is 795 g/mol. The first-order valence-electron chi connectivity index (χ1n) is 22.6. The van der Waals surface area contributed by atoms with E-state index in [9.17, 15) is 0 Å². The molecule has 0 bridgehead atoms. The summed E-state index contributed by atoms with van der Waals surface area (Å²) in [5, 5.41) is 0. The Morgan fingerprint density at radius 2 is 0.439 bits per heavy atom. The number of benzene rings is 10. The van der Waals surface area contributed by atoms with Crippen LogP contribution >= 0.6 is 0 Å². The van der Waals surface area contributed by atoms with Gasteiger partial charge in [0.2, 0.25) is 0 Å². The monoisotopic (exact) mass is 839 g/mol. The van der Waals surface area contributed by atoms with E-state index in [1.54, 1.807) is 0 Å². The third-order valence-corrected chi connectivity index (χ3v) is 12.5. The summed E-state index contributed by atoms with van der Waals surface area (Å²) in [5.41, 5.74) is 22.6. The van der Waals surface area contributed by atoms with Crippen molar-refractivity contribution in [3.8, 4) is 112 Å². The Hall–Kier alpha value is -8.65. The summed E-state index contributed by atoms with van der Waals surface area (Å²) in [6.07, 6.45) is 0. The fraction of sp³-hybridized carbons (Fsp3) is 0. The molecule has 1 aromatic heterocycles. The van der Waals surface area contributed by atoms with E-state index < -0.39 is 0 Å². The molecule has 11 aromatic rings. The second kappa shape index (κ2) is 18.2. The van der Waals surface area contributed by atoms with Crippen molar-refractivity contribution in [1.82, 2.24) is 4.98 Å². The van der Waals surface area contributed by atoms with Crippen molar-refractivity contribution in [3.05, 3.63) is 273 Å². The molecule has 0 radical (unpaired) electrons. The van der Waals surface area contributed by atoms with Gasteiger partial charge in [-0.1, -0.05) is 224 Å². The van der Waals surface area contributed by atoms with Crippen LogP contribution < -0.4 is 0 Å². The molecule has 1 nitrogen and oxygen atoms in total. The molecule has 0 amide bonds. The quantitative estimate of drug-likeness (QED) is 0.134. The Kier molecular flexibility index (Phi) is 11.1. The van der Waals surface area contributed by atoms with Gasteiger partial charge in [0.25, 0.3) is 0 Å². The highest BCUT2D eigenvalue weighted by Gasteiger charge is 2.17. The van der Waals surface area contributed by atoms with Crippen molar-refractivity contribution in [2.24, 2.45) is 0 Å². The first-order chi connectivity index (χ1) is 32.7. The molecule has 0 N–H and O–H groups in total. The lowest BCUT2D eigenvalue weighted by atomic mass is 9.87. The standard InChI is InChI=1S/C65H45N/c1-7-20-46(21-8-1)52-32-19-33-55(38-52)64-44-58(47-22-9-2-10-23-47)45-65(66-64)59-40-56(53-34-36-60(48-24-11-3-12-25-48)62(42-53)50-28-15-5-16-29-50)39-57(41-59)54-35-37-61(49-26-13-4-14-27-49)63(43-54)51-30-17-6-18-31-51/h1-45H. The van der Waals surface area contributed by atoms with Crippen LogP contribution in [-0.4, -0.2) is 4.98 Å². The van der Waals surface area contributed by atoms with Gasteiger partial charge in [0.1, 0.15) is 0 Å². The molecule has 0 fully saturated rings. The Morgan fingerprint density at radius 1 is 0.152 bits per heavy atom. The lowest BCUT2D eigenvalue weighted by Crippen LogP contribution is -1.94. The van der Waals surface area contributed by atoms with E-state index in [0.717, 1.165) is 61.5 Å². The van der Waals surface area contributed by atoms with E-state index in [2.05, 4.69) is 273 Å². The van der Waals surface area contributed by atoms with Gasteiger partial charge < -0.3 is 0 Å². The molecule has 0 aliphatic rings. The van der Waals surface area contributed by atoms with Crippen molar-refractivity contribution in [2.75, 3.05) is 0 Å². The summed E-state index contributed by atoms with van der Waals surface area (Å²) in [5.74, 6) is 0. The summed E-state index contributed by atoms with van der Waals surface area (Å²) < 4.78 is 0. The van der Waals surface area contributed by atoms with Gasteiger partial charge in [-0.15, -0.1) is 0 Å². The molecule has 0 atom stereocenters. The third-order valence-electron chi connectivity index (χ3n) is 12.5. The molecule has 1 heteroatoms. The summed E-state index contributed by atoms with van der Waals surface area (Å²) in [7, 11) is 0. The SMILES string of the molecule is c1ccc(-c2cccc(-c3cc(-c4ccccc4)cc(-c4cc(-c5ccc(-c6ccccc6)c(-c6ccccc6)c5)cc(-c5ccc(-c6ccccc6)c(-c6ccccc6)c5)c4)n3)c2)cc1. The molecule has 310 valence electrons. The lowest BCUT2D eigenvalue weighted by molar-refractivity contribution is 1.32. The second-order valence-electron chi connectivity index (χ2n) is 16.7. The Balaban J connectivity index is 1.14. The number of nitrogens with zero attached hydrogens (tertiary/aromatic N) is 1. The van der Waals surface area contributed by atoms with Crippen molar-refractivity contribution in [2.45, 2.75) is 0 Å². The van der Waals surface area contributed by atoms with Crippen molar-refractivity contribution in [3.63, 3.8) is 0 Å². The van der Waals surface area contributed by atoms with Crippen LogP contribution in [0.4, 0.5) is 0 Å². The molecule has 1 heterocycles. The molecule has 0 unspecified atom stereocenters. The van der Waals surface area contributed by atoms with E-state index in [0.29, 0.717) is 0 Å². The normalized spacial score (nSPS) is 11.0. The van der Waals surface area contributed by atoms with Gasteiger partial charge in [-0.2, -0.15) is 0 Å². The van der Waals surface area contributed by atoms with Crippen LogP contribution in [0.3, 0.4) is 0 Å². The van der Waals surface area contributed by atoms with E-state index in [4.69, 9.17) is 4.98 Å². The molecule has 0 saturated carbocycles. The molecule has 10 aromatic carbocycles. The average Bonchev–Trinajstić information content (AvgIpc) is 3.42. The van der Waals surface area contributed by atoms with Gasteiger partial charge in [-0.3, -0.25) is 0 Å². The highest BCUT2D eigenvalue weighted by atomic mass is 14.7. The van der Waals surface area contributed by atoms with Crippen LogP contribution in [-0.2, 0) is 0 Å². The summed E-state index contributed by atoms with van der Waals surface area (Å²) >= 11 is 0. The van der Waals surface area contributed by atoms with Crippen LogP contribution in [0.5, 0.6) is 0 Å². The van der Waals surface area contributed by atoms with Gasteiger partial charge in [0.05, 0.1) is 11.4 Å². The van der Waals surface area contributed by atoms with Gasteiger partial charge in [0.15, 0.2) is 0 Å². The first-order valence-corrected chi connectivity index (χ1v) is 22.6. The lowest BCUT2D eigenvalue weighted by Gasteiger charge is -2.17. The van der Waals surface area contributed by atoms with Crippen molar-refractivity contribution >= 4 is 0 Å². The maximum atomic E-state index is 5.54. The highest BCUT2D eigenvalue weighted by molar-refractivity contribution is 5.92. The van der Waals surface area contributed by atoms with Crippen LogP contribution in [0, 0.1) is 0 Å². The molecule has 0 spiro atoms. The number of pyridine rings is 1. The van der Waals surface area contributed by atoms with Gasteiger partial charge >= 0.3 is 0 Å². The fourth-order valence-corrected chi connectivity index (χ4v) is 9.12. The maximum Gasteiger partial charge on any atom is 0.0716 e. The van der Waals surface area contributed by atoms with Crippen LogP contribution in [0.15, 0.2) is 273 Å². The van der Waals surface area contributed by atoms with Crippen molar-refractivity contribution < 1.29 is 0 Å². The number of hydrogen-bond donors (Lipinski definition) is 0. The van der Waals surface area contributed by atoms with E-state index in [1.165, 1.54) is 50.1 Å². The largest absolute Gasteiger partial charge is 0.248 e. The predicted molar refractivity (Wildman–Crippen MR) is 279 cm³/mol. The molecule has 0 aliphatic heterocycles. The fourth-order valence-electron chi connectivity index (χ4n) is 9.12. The minimum absolute atomic E-state index is 0.910. The number of hydrogen-bond acceptors (Lipinski definition) is 1. The Bertz CT molecular complexity index is 3270. The number of rotatable bonds is 10. The van der Waals surface area contributed by atoms with Gasteiger partial charge in [-0.25, -0.2) is 4.98 Å². The van der Waals surface area contributed by atoms with Crippen LogP contribution in [0.25, 0.3) is 112 Å². The zero-order valence-corrected chi connectivity index (χ0v) is 36.4. The first kappa shape index (κ1) is 40.1. The predicted octanol–water partition coefficient (Wildman–Crippen LogP) is 17.8. The summed E-state index contributed by atoms with van der Waals surface area (Å²) in [6.45, 7) is 0. The molecule has 11 rings (SSSR count). The van der Waals surface area contributed by atoms with E-state index in [1.807, 2.05) is 0 Å². The minimum Gasteiger partial charge on any atom is -0.248 e. The topological polar surface area (TPSA) is 12.9 Å². The smallest absolute Gasteiger partial charge is 0.0716 e. The molecule has 0 aliphatic carbocycles. The van der Waals surface area contributed by atoms with Crippen molar-refractivity contribution in [1.29, 1.82) is 0 Å². The molecule has 0 saturated heterocycles. The second-order valence-corrected chi connectivity index (χ2v) is 16.7. The highest BCUT2D eigenvalue weighted by Crippen LogP contribution is 2.42. The van der Waals surface area contributed by atoms with E-state index in [-0.39, 0.29) is 0 Å². The Labute approximate surface area is 387 Å².